The Morgan fingerprint density at radius 3 is 2.52 bits per heavy atom. The minimum absolute atomic E-state index is 0.205. The van der Waals surface area contributed by atoms with Crippen molar-refractivity contribution in [2.75, 3.05) is 6.54 Å². The van der Waals surface area contributed by atoms with Crippen molar-refractivity contribution >= 4 is 17.8 Å². The van der Waals surface area contributed by atoms with Gasteiger partial charge in [-0.05, 0) is 42.2 Å². The SMILES string of the molecule is CCCCN(Cc1cccc(C(=O)N[C@H](C(=O)O)C(C)C)c1)C(=O)c1ccco1. The van der Waals surface area contributed by atoms with Gasteiger partial charge in [0.25, 0.3) is 11.8 Å². The van der Waals surface area contributed by atoms with Crippen LogP contribution < -0.4 is 5.32 Å². The second-order valence-electron chi connectivity index (χ2n) is 7.29. The van der Waals surface area contributed by atoms with Gasteiger partial charge in [-0.15, -0.1) is 0 Å². The van der Waals surface area contributed by atoms with Gasteiger partial charge in [0.2, 0.25) is 0 Å². The number of carboxylic acids is 1. The van der Waals surface area contributed by atoms with Crippen LogP contribution in [0.25, 0.3) is 0 Å². The topological polar surface area (TPSA) is 99.9 Å². The first-order valence-corrected chi connectivity index (χ1v) is 9.78. The van der Waals surface area contributed by atoms with E-state index in [1.54, 1.807) is 49.1 Å². The molecular weight excluding hydrogens is 372 g/mol. The van der Waals surface area contributed by atoms with E-state index in [-0.39, 0.29) is 17.6 Å². The molecule has 1 atom stereocenters. The zero-order chi connectivity index (χ0) is 21.4. The molecular formula is C22H28N2O5. The number of carbonyl (C=O) groups is 3. The quantitative estimate of drug-likeness (QED) is 0.635. The maximum Gasteiger partial charge on any atom is 0.326 e. The van der Waals surface area contributed by atoms with Crippen molar-refractivity contribution in [1.82, 2.24) is 10.2 Å². The van der Waals surface area contributed by atoms with Crippen LogP contribution >= 0.6 is 0 Å². The summed E-state index contributed by atoms with van der Waals surface area (Å²) in [5.41, 5.74) is 1.14. The van der Waals surface area contributed by atoms with Gasteiger partial charge in [-0.3, -0.25) is 9.59 Å². The molecule has 1 heterocycles. The largest absolute Gasteiger partial charge is 0.480 e. The van der Waals surface area contributed by atoms with Crippen molar-refractivity contribution in [2.45, 2.75) is 46.2 Å². The molecule has 0 aliphatic heterocycles. The molecule has 156 valence electrons. The van der Waals surface area contributed by atoms with Crippen molar-refractivity contribution in [3.8, 4) is 0 Å². The van der Waals surface area contributed by atoms with E-state index in [0.717, 1.165) is 18.4 Å². The molecule has 0 aliphatic rings. The van der Waals surface area contributed by atoms with Crippen LogP contribution in [-0.4, -0.2) is 40.4 Å². The van der Waals surface area contributed by atoms with Crippen molar-refractivity contribution in [3.05, 3.63) is 59.5 Å². The number of rotatable bonds is 10. The summed E-state index contributed by atoms with van der Waals surface area (Å²) in [5.74, 6) is -1.69. The van der Waals surface area contributed by atoms with Gasteiger partial charge in [-0.2, -0.15) is 0 Å². The summed E-state index contributed by atoms with van der Waals surface area (Å²) < 4.78 is 5.23. The van der Waals surface area contributed by atoms with E-state index in [0.29, 0.717) is 18.7 Å². The first-order valence-electron chi connectivity index (χ1n) is 9.78. The molecule has 0 spiro atoms. The Balaban J connectivity index is 2.16. The molecule has 7 heteroatoms. The minimum atomic E-state index is -1.07. The highest BCUT2D eigenvalue weighted by molar-refractivity contribution is 5.97. The van der Waals surface area contributed by atoms with Crippen LogP contribution in [0.15, 0.2) is 47.1 Å². The minimum Gasteiger partial charge on any atom is -0.480 e. The van der Waals surface area contributed by atoms with Crippen molar-refractivity contribution in [1.29, 1.82) is 0 Å². The van der Waals surface area contributed by atoms with E-state index < -0.39 is 17.9 Å². The van der Waals surface area contributed by atoms with Crippen LogP contribution in [0.5, 0.6) is 0 Å². The number of benzene rings is 1. The first kappa shape index (κ1) is 22.2. The molecule has 0 radical (unpaired) electrons. The molecule has 0 unspecified atom stereocenters. The summed E-state index contributed by atoms with van der Waals surface area (Å²) in [5, 5.41) is 11.8. The molecule has 2 amide bonds. The highest BCUT2D eigenvalue weighted by atomic mass is 16.4. The number of hydrogen-bond acceptors (Lipinski definition) is 4. The number of nitrogens with one attached hydrogen (secondary N) is 1. The summed E-state index contributed by atoms with van der Waals surface area (Å²) >= 11 is 0. The monoisotopic (exact) mass is 400 g/mol. The molecule has 0 saturated heterocycles. The van der Waals surface area contributed by atoms with Crippen LogP contribution in [-0.2, 0) is 11.3 Å². The van der Waals surface area contributed by atoms with E-state index in [9.17, 15) is 19.5 Å². The van der Waals surface area contributed by atoms with Gasteiger partial charge in [0.15, 0.2) is 5.76 Å². The second kappa shape index (κ2) is 10.5. The van der Waals surface area contributed by atoms with Crippen LogP contribution in [0.4, 0.5) is 0 Å². The summed E-state index contributed by atoms with van der Waals surface area (Å²) in [6.07, 6.45) is 3.25. The number of hydrogen-bond donors (Lipinski definition) is 2. The number of unbranched alkanes of at least 4 members (excludes halogenated alkanes) is 1. The molecule has 2 N–H and O–H groups in total. The Labute approximate surface area is 170 Å². The summed E-state index contributed by atoms with van der Waals surface area (Å²) in [4.78, 5) is 38.3. The van der Waals surface area contributed by atoms with Gasteiger partial charge in [-0.25, -0.2) is 4.79 Å². The molecule has 0 saturated carbocycles. The lowest BCUT2D eigenvalue weighted by Crippen LogP contribution is -2.44. The fourth-order valence-corrected chi connectivity index (χ4v) is 2.93. The van der Waals surface area contributed by atoms with Crippen LogP contribution in [0, 0.1) is 5.92 Å². The number of amides is 2. The lowest BCUT2D eigenvalue weighted by atomic mass is 10.0. The first-order chi connectivity index (χ1) is 13.8. The van der Waals surface area contributed by atoms with Gasteiger partial charge < -0.3 is 19.7 Å². The smallest absolute Gasteiger partial charge is 0.326 e. The average Bonchev–Trinajstić information content (AvgIpc) is 3.23. The fourth-order valence-electron chi connectivity index (χ4n) is 2.93. The van der Waals surface area contributed by atoms with Crippen molar-refractivity contribution in [2.24, 2.45) is 5.92 Å². The van der Waals surface area contributed by atoms with Gasteiger partial charge in [-0.1, -0.05) is 39.3 Å². The summed E-state index contributed by atoms with van der Waals surface area (Å²) in [6, 6.07) is 9.21. The van der Waals surface area contributed by atoms with E-state index >= 15 is 0 Å². The second-order valence-corrected chi connectivity index (χ2v) is 7.29. The van der Waals surface area contributed by atoms with Crippen molar-refractivity contribution in [3.63, 3.8) is 0 Å². The van der Waals surface area contributed by atoms with Gasteiger partial charge in [0.1, 0.15) is 6.04 Å². The van der Waals surface area contributed by atoms with Crippen LogP contribution in [0.1, 0.15) is 60.1 Å². The van der Waals surface area contributed by atoms with Crippen LogP contribution in [0.2, 0.25) is 0 Å². The maximum atomic E-state index is 12.7. The Kier molecular flexibility index (Phi) is 8.00. The number of aliphatic carboxylic acids is 1. The molecule has 7 nitrogen and oxygen atoms in total. The van der Waals surface area contributed by atoms with E-state index in [1.165, 1.54) is 6.26 Å². The number of carbonyl (C=O) groups excluding carboxylic acids is 2. The Morgan fingerprint density at radius 1 is 1.17 bits per heavy atom. The van der Waals surface area contributed by atoms with E-state index in [2.05, 4.69) is 5.32 Å². The molecule has 0 fully saturated rings. The molecule has 2 rings (SSSR count). The predicted octanol–water partition coefficient (Wildman–Crippen LogP) is 3.56. The third-order valence-electron chi connectivity index (χ3n) is 4.58. The maximum absolute atomic E-state index is 12.7. The predicted molar refractivity (Wildman–Crippen MR) is 109 cm³/mol. The number of carboxylic acid groups (broad SMARTS) is 1. The molecule has 1 aromatic heterocycles. The Hall–Kier alpha value is -3.09. The molecule has 29 heavy (non-hydrogen) atoms. The average molecular weight is 400 g/mol. The lowest BCUT2D eigenvalue weighted by Gasteiger charge is -2.22. The van der Waals surface area contributed by atoms with E-state index in [1.807, 2.05) is 13.0 Å². The molecule has 0 bridgehead atoms. The number of furan rings is 1. The Morgan fingerprint density at radius 2 is 1.93 bits per heavy atom. The van der Waals surface area contributed by atoms with Crippen molar-refractivity contribution < 1.29 is 23.9 Å². The van der Waals surface area contributed by atoms with Gasteiger partial charge >= 0.3 is 5.97 Å². The summed E-state index contributed by atoms with van der Waals surface area (Å²) in [7, 11) is 0. The third-order valence-corrected chi connectivity index (χ3v) is 4.58. The fraction of sp³-hybridized carbons (Fsp3) is 0.409. The normalized spacial score (nSPS) is 11.9. The highest BCUT2D eigenvalue weighted by Gasteiger charge is 2.24. The van der Waals surface area contributed by atoms with Crippen LogP contribution in [0.3, 0.4) is 0 Å². The molecule has 2 aromatic rings. The Bertz CT molecular complexity index is 829. The lowest BCUT2D eigenvalue weighted by molar-refractivity contribution is -0.140. The zero-order valence-electron chi connectivity index (χ0n) is 17.1. The zero-order valence-corrected chi connectivity index (χ0v) is 17.1. The van der Waals surface area contributed by atoms with Gasteiger partial charge in [0, 0.05) is 18.7 Å². The third kappa shape index (κ3) is 6.20. The molecule has 0 aliphatic carbocycles. The highest BCUT2D eigenvalue weighted by Crippen LogP contribution is 2.14. The van der Waals surface area contributed by atoms with Gasteiger partial charge in [0.05, 0.1) is 6.26 Å². The summed E-state index contributed by atoms with van der Waals surface area (Å²) in [6.45, 7) is 6.42. The molecule has 1 aromatic carbocycles. The van der Waals surface area contributed by atoms with E-state index in [4.69, 9.17) is 4.42 Å². The standard InChI is InChI=1S/C22H28N2O5/c1-4-5-11-24(21(26)18-10-7-12-29-18)14-16-8-6-9-17(13-16)20(25)23-19(15(2)3)22(27)28/h6-10,12-13,15,19H,4-5,11,14H2,1-3H3,(H,23,25)(H,27,28)/t19-/m0/s1. The number of nitrogens with zero attached hydrogens (tertiary/aromatic N) is 1.